The van der Waals surface area contributed by atoms with Crippen LogP contribution in [0.15, 0.2) is 49.2 Å². The van der Waals surface area contributed by atoms with Gasteiger partial charge in [0.1, 0.15) is 12.7 Å². The molecule has 1 aromatic carbocycles. The molecule has 1 aliphatic rings. The predicted molar refractivity (Wildman–Crippen MR) is 52.3 cm³/mol. The number of benzene rings is 1. The molecule has 13 heavy (non-hydrogen) atoms. The summed E-state index contributed by atoms with van der Waals surface area (Å²) in [6.45, 7) is 4.91. The molecule has 1 saturated heterocycles. The quantitative estimate of drug-likeness (QED) is 0.523. The van der Waals surface area contributed by atoms with Crippen LogP contribution in [-0.2, 0) is 9.47 Å². The number of epoxide rings is 1. The van der Waals surface area contributed by atoms with Gasteiger partial charge in [0, 0.05) is 0 Å². The summed E-state index contributed by atoms with van der Waals surface area (Å²) in [7, 11) is 0. The maximum absolute atomic E-state index is 4.84. The fourth-order valence-corrected chi connectivity index (χ4v) is 0.725. The molecule has 1 aromatic rings. The van der Waals surface area contributed by atoms with Gasteiger partial charge in [0.05, 0.1) is 12.9 Å². The van der Waals surface area contributed by atoms with Gasteiger partial charge < -0.3 is 9.47 Å². The van der Waals surface area contributed by atoms with E-state index in [-0.39, 0.29) is 0 Å². The van der Waals surface area contributed by atoms with Gasteiger partial charge >= 0.3 is 0 Å². The molecule has 70 valence electrons. The van der Waals surface area contributed by atoms with E-state index >= 15 is 0 Å². The van der Waals surface area contributed by atoms with E-state index in [9.17, 15) is 0 Å². The van der Waals surface area contributed by atoms with Crippen LogP contribution in [0.4, 0.5) is 0 Å². The molecular formula is C11H14O2. The van der Waals surface area contributed by atoms with Crippen molar-refractivity contribution in [1.29, 1.82) is 0 Å². The van der Waals surface area contributed by atoms with Crippen LogP contribution in [-0.4, -0.2) is 19.3 Å². The second-order valence-electron chi connectivity index (χ2n) is 2.61. The highest BCUT2D eigenvalue weighted by molar-refractivity contribution is 4.99. The van der Waals surface area contributed by atoms with E-state index in [1.54, 1.807) is 0 Å². The highest BCUT2D eigenvalue weighted by Gasteiger charge is 2.21. The zero-order valence-electron chi connectivity index (χ0n) is 7.56. The molecule has 0 N–H and O–H groups in total. The largest absolute Gasteiger partial charge is 0.499 e. The van der Waals surface area contributed by atoms with Crippen LogP contribution in [0.3, 0.4) is 0 Å². The third kappa shape index (κ3) is 5.93. The zero-order chi connectivity index (χ0) is 9.36. The lowest BCUT2D eigenvalue weighted by molar-refractivity contribution is 0.213. The molecule has 0 aliphatic carbocycles. The van der Waals surface area contributed by atoms with E-state index in [1.807, 2.05) is 36.4 Å². The normalized spacial score (nSPS) is 18.0. The minimum Gasteiger partial charge on any atom is -0.499 e. The average Bonchev–Trinajstić information content (AvgIpc) is 3.02. The van der Waals surface area contributed by atoms with Crippen molar-refractivity contribution >= 4 is 0 Å². The van der Waals surface area contributed by atoms with Crippen LogP contribution >= 0.6 is 0 Å². The summed E-state index contributed by atoms with van der Waals surface area (Å²) < 4.78 is 9.63. The Morgan fingerprint density at radius 2 is 1.69 bits per heavy atom. The van der Waals surface area contributed by atoms with E-state index < -0.39 is 0 Å². The molecule has 1 heterocycles. The fraction of sp³-hybridized carbons (Fsp3) is 0.273. The highest BCUT2D eigenvalue weighted by Crippen LogP contribution is 2.07. The van der Waals surface area contributed by atoms with E-state index in [4.69, 9.17) is 9.47 Å². The third-order valence-electron chi connectivity index (χ3n) is 1.47. The molecule has 0 saturated carbocycles. The zero-order valence-corrected chi connectivity index (χ0v) is 7.56. The van der Waals surface area contributed by atoms with Gasteiger partial charge in [0.25, 0.3) is 0 Å². The van der Waals surface area contributed by atoms with Crippen molar-refractivity contribution < 1.29 is 9.47 Å². The molecule has 0 radical (unpaired) electrons. The van der Waals surface area contributed by atoms with Gasteiger partial charge in [-0.25, -0.2) is 0 Å². The SMILES string of the molecule is C=COCC1CO1.c1ccccc1. The second kappa shape index (κ2) is 6.26. The topological polar surface area (TPSA) is 21.8 Å². The first-order chi connectivity index (χ1) is 6.43. The van der Waals surface area contributed by atoms with E-state index in [0.29, 0.717) is 12.7 Å². The molecule has 1 fully saturated rings. The van der Waals surface area contributed by atoms with E-state index in [1.165, 1.54) is 6.26 Å². The van der Waals surface area contributed by atoms with Crippen LogP contribution in [0.5, 0.6) is 0 Å². The van der Waals surface area contributed by atoms with Gasteiger partial charge in [-0.15, -0.1) is 0 Å². The lowest BCUT2D eigenvalue weighted by atomic mass is 10.4. The van der Waals surface area contributed by atoms with Crippen molar-refractivity contribution in [3.63, 3.8) is 0 Å². The Balaban J connectivity index is 0.000000132. The Hall–Kier alpha value is -1.28. The van der Waals surface area contributed by atoms with Crippen molar-refractivity contribution in [2.45, 2.75) is 6.10 Å². The van der Waals surface area contributed by atoms with Crippen LogP contribution in [0.25, 0.3) is 0 Å². The van der Waals surface area contributed by atoms with Crippen LogP contribution in [0.1, 0.15) is 0 Å². The molecule has 0 amide bonds. The minimum atomic E-state index is 0.359. The number of ether oxygens (including phenoxy) is 2. The first kappa shape index (κ1) is 9.81. The molecule has 0 bridgehead atoms. The first-order valence-corrected chi connectivity index (χ1v) is 4.27. The van der Waals surface area contributed by atoms with Gasteiger partial charge in [-0.2, -0.15) is 0 Å². The number of hydrogen-bond donors (Lipinski definition) is 0. The van der Waals surface area contributed by atoms with Crippen LogP contribution in [0, 0.1) is 0 Å². The Bertz CT molecular complexity index is 190. The van der Waals surface area contributed by atoms with Crippen molar-refractivity contribution in [2.75, 3.05) is 13.2 Å². The lowest BCUT2D eigenvalue weighted by Crippen LogP contribution is -1.94. The van der Waals surface area contributed by atoms with Gasteiger partial charge in [-0.3, -0.25) is 0 Å². The summed E-state index contributed by atoms with van der Waals surface area (Å²) in [6.07, 6.45) is 1.79. The lowest BCUT2D eigenvalue weighted by Gasteiger charge is -1.90. The molecule has 1 unspecified atom stereocenters. The highest BCUT2D eigenvalue weighted by atomic mass is 16.6. The Kier molecular flexibility index (Phi) is 4.72. The first-order valence-electron chi connectivity index (χ1n) is 4.27. The molecule has 0 spiro atoms. The Labute approximate surface area is 78.8 Å². The molecule has 0 aromatic heterocycles. The predicted octanol–water partition coefficient (Wildman–Crippen LogP) is 2.23. The summed E-state index contributed by atoms with van der Waals surface area (Å²) in [5.74, 6) is 0. The standard InChI is InChI=1S/C6H6.C5H8O2/c1-2-4-6-5-3-1;1-2-6-3-5-4-7-5/h1-6H;2,5H,1,3-4H2. The monoisotopic (exact) mass is 178 g/mol. The molecular weight excluding hydrogens is 164 g/mol. The second-order valence-corrected chi connectivity index (χ2v) is 2.61. The number of rotatable bonds is 3. The van der Waals surface area contributed by atoms with Crippen molar-refractivity contribution in [2.24, 2.45) is 0 Å². The van der Waals surface area contributed by atoms with E-state index in [2.05, 4.69) is 6.58 Å². The molecule has 2 nitrogen and oxygen atoms in total. The van der Waals surface area contributed by atoms with Gasteiger partial charge in [-0.05, 0) is 0 Å². The van der Waals surface area contributed by atoms with Gasteiger partial charge in [0.2, 0.25) is 0 Å². The summed E-state index contributed by atoms with van der Waals surface area (Å²) in [5.41, 5.74) is 0. The van der Waals surface area contributed by atoms with Crippen molar-refractivity contribution in [3.8, 4) is 0 Å². The van der Waals surface area contributed by atoms with Gasteiger partial charge in [0.15, 0.2) is 0 Å². The average molecular weight is 178 g/mol. The minimum absolute atomic E-state index is 0.359. The van der Waals surface area contributed by atoms with E-state index in [0.717, 1.165) is 6.61 Å². The van der Waals surface area contributed by atoms with Crippen molar-refractivity contribution in [3.05, 3.63) is 49.2 Å². The third-order valence-corrected chi connectivity index (χ3v) is 1.47. The maximum Gasteiger partial charge on any atom is 0.116 e. The maximum atomic E-state index is 4.84. The fourth-order valence-electron chi connectivity index (χ4n) is 0.725. The van der Waals surface area contributed by atoms with Crippen molar-refractivity contribution in [1.82, 2.24) is 0 Å². The Morgan fingerprint density at radius 3 is 2.00 bits per heavy atom. The summed E-state index contributed by atoms with van der Waals surface area (Å²) >= 11 is 0. The summed E-state index contributed by atoms with van der Waals surface area (Å²) in [4.78, 5) is 0. The number of hydrogen-bond acceptors (Lipinski definition) is 2. The molecule has 2 rings (SSSR count). The molecule has 1 atom stereocenters. The summed E-state index contributed by atoms with van der Waals surface area (Å²) in [6, 6.07) is 12.0. The Morgan fingerprint density at radius 1 is 1.23 bits per heavy atom. The smallest absolute Gasteiger partial charge is 0.116 e. The van der Waals surface area contributed by atoms with Crippen LogP contribution in [0.2, 0.25) is 0 Å². The summed E-state index contributed by atoms with van der Waals surface area (Å²) in [5, 5.41) is 0. The molecule has 1 aliphatic heterocycles. The molecule has 2 heteroatoms. The van der Waals surface area contributed by atoms with Crippen LogP contribution < -0.4 is 0 Å². The van der Waals surface area contributed by atoms with Gasteiger partial charge in [-0.1, -0.05) is 43.0 Å².